The van der Waals surface area contributed by atoms with Gasteiger partial charge in [-0.05, 0) is 49.3 Å². The van der Waals surface area contributed by atoms with E-state index < -0.39 is 0 Å². The van der Waals surface area contributed by atoms with Crippen LogP contribution in [0.5, 0.6) is 17.2 Å². The lowest BCUT2D eigenvalue weighted by molar-refractivity contribution is -0.914. The van der Waals surface area contributed by atoms with E-state index in [4.69, 9.17) is 14.2 Å². The predicted molar refractivity (Wildman–Crippen MR) is 112 cm³/mol. The second kappa shape index (κ2) is 8.23. The molecule has 0 fully saturated rings. The average molecular weight is 399 g/mol. The van der Waals surface area contributed by atoms with Crippen molar-refractivity contribution in [2.45, 2.75) is 45.6 Å². The van der Waals surface area contributed by atoms with Crippen LogP contribution in [0.3, 0.4) is 0 Å². The molecule has 2 heterocycles. The quantitative estimate of drug-likeness (QED) is 0.612. The molecule has 29 heavy (non-hydrogen) atoms. The van der Waals surface area contributed by atoms with Crippen molar-refractivity contribution in [1.29, 1.82) is 0 Å². The Hall–Kier alpha value is -2.27. The molecule has 156 valence electrons. The zero-order valence-corrected chi connectivity index (χ0v) is 17.9. The van der Waals surface area contributed by atoms with Crippen molar-refractivity contribution in [1.82, 2.24) is 0 Å². The summed E-state index contributed by atoms with van der Waals surface area (Å²) >= 11 is 0. The number of hydrogen-bond acceptors (Lipinski definition) is 4. The van der Waals surface area contributed by atoms with E-state index in [-0.39, 0.29) is 18.6 Å². The highest BCUT2D eigenvalue weighted by atomic mass is 16.7. The molecule has 1 aromatic carbocycles. The first-order valence-electron chi connectivity index (χ1n) is 10.7. The highest BCUT2D eigenvalue weighted by Gasteiger charge is 2.37. The molecule has 1 aromatic rings. The summed E-state index contributed by atoms with van der Waals surface area (Å²) in [7, 11) is 3.83. The van der Waals surface area contributed by atoms with Crippen LogP contribution in [0.15, 0.2) is 29.9 Å². The molecule has 0 aromatic heterocycles. The van der Waals surface area contributed by atoms with Crippen molar-refractivity contribution in [3.05, 3.63) is 41.0 Å². The second-order valence-electron chi connectivity index (χ2n) is 8.78. The van der Waals surface area contributed by atoms with Crippen molar-refractivity contribution in [2.75, 3.05) is 27.5 Å². The third-order valence-corrected chi connectivity index (χ3v) is 6.73. The lowest BCUT2D eigenvalue weighted by atomic mass is 9.81. The van der Waals surface area contributed by atoms with E-state index in [0.717, 1.165) is 42.9 Å². The molecule has 4 atom stereocenters. The number of likely N-dealkylation sites (N-methyl/N-ethyl adjacent to an activating group) is 1. The van der Waals surface area contributed by atoms with Crippen LogP contribution in [-0.4, -0.2) is 33.3 Å². The molecule has 0 spiro atoms. The largest absolute Gasteiger partial charge is 0.492 e. The fraction of sp³-hybridized carbons (Fsp3) is 0.542. The summed E-state index contributed by atoms with van der Waals surface area (Å²) in [6.07, 6.45) is 9.83. The number of carbonyl (C=O) groups excluding carboxylic acids is 1. The zero-order valence-electron chi connectivity index (χ0n) is 17.9. The number of hydrogen-bond donors (Lipinski definition) is 1. The van der Waals surface area contributed by atoms with Gasteiger partial charge in [0.15, 0.2) is 17.3 Å². The van der Waals surface area contributed by atoms with Crippen molar-refractivity contribution in [3.8, 4) is 17.2 Å². The maximum atomic E-state index is 12.9. The first kappa shape index (κ1) is 20.0. The molecule has 1 unspecified atom stereocenters. The minimum atomic E-state index is 0.0614. The number of carbonyl (C=O) groups is 1. The molecule has 3 aliphatic rings. The third kappa shape index (κ3) is 3.93. The van der Waals surface area contributed by atoms with Gasteiger partial charge in [-0.25, -0.2) is 0 Å². The maximum absolute atomic E-state index is 12.9. The summed E-state index contributed by atoms with van der Waals surface area (Å²) in [5, 5.41) is 0. The number of ketones is 1. The Morgan fingerprint density at radius 1 is 1.38 bits per heavy atom. The van der Waals surface area contributed by atoms with Crippen LogP contribution < -0.4 is 19.1 Å². The van der Waals surface area contributed by atoms with Gasteiger partial charge in [0.25, 0.3) is 0 Å². The highest BCUT2D eigenvalue weighted by molar-refractivity contribution is 5.90. The molecule has 1 N–H and O–H groups in total. The molecule has 0 radical (unpaired) electrons. The first-order valence-corrected chi connectivity index (χ1v) is 10.7. The van der Waals surface area contributed by atoms with Gasteiger partial charge in [-0.1, -0.05) is 24.6 Å². The average Bonchev–Trinajstić information content (AvgIpc) is 3.16. The van der Waals surface area contributed by atoms with Gasteiger partial charge in [0.05, 0.1) is 32.7 Å². The topological polar surface area (TPSA) is 49.2 Å². The highest BCUT2D eigenvalue weighted by Crippen LogP contribution is 2.47. The minimum absolute atomic E-state index is 0.0614. The van der Waals surface area contributed by atoms with Gasteiger partial charge in [-0.2, -0.15) is 0 Å². The Bertz CT molecular complexity index is 857. The Morgan fingerprint density at radius 2 is 2.21 bits per heavy atom. The third-order valence-electron chi connectivity index (χ3n) is 6.73. The van der Waals surface area contributed by atoms with Gasteiger partial charge in [0.1, 0.15) is 6.04 Å². The van der Waals surface area contributed by atoms with Gasteiger partial charge in [-0.3, -0.25) is 4.79 Å². The molecule has 5 heteroatoms. The smallest absolute Gasteiger partial charge is 0.231 e. The second-order valence-corrected chi connectivity index (χ2v) is 8.78. The Labute approximate surface area is 173 Å². The summed E-state index contributed by atoms with van der Waals surface area (Å²) < 4.78 is 17.0. The van der Waals surface area contributed by atoms with Crippen LogP contribution in [0.2, 0.25) is 0 Å². The number of ether oxygens (including phenoxy) is 3. The lowest BCUT2D eigenvalue weighted by Gasteiger charge is -2.32. The van der Waals surface area contributed by atoms with Gasteiger partial charge < -0.3 is 19.1 Å². The number of fused-ring (bicyclic) bond motifs is 2. The summed E-state index contributed by atoms with van der Waals surface area (Å²) in [6, 6.07) is 2.13. The van der Waals surface area contributed by atoms with Crippen LogP contribution in [0, 0.1) is 11.8 Å². The van der Waals surface area contributed by atoms with Crippen LogP contribution >= 0.6 is 0 Å². The molecular formula is C24H32NO4+. The van der Waals surface area contributed by atoms with Crippen molar-refractivity contribution >= 4 is 5.78 Å². The lowest BCUT2D eigenvalue weighted by Crippen LogP contribution is -3.10. The minimum Gasteiger partial charge on any atom is -0.492 e. The molecule has 1 aliphatic carbocycles. The van der Waals surface area contributed by atoms with E-state index >= 15 is 0 Å². The number of quaternary nitrogens is 1. The Balaban J connectivity index is 1.55. The molecule has 5 nitrogen and oxygen atoms in total. The molecule has 0 bridgehead atoms. The molecular weight excluding hydrogens is 366 g/mol. The molecule has 0 saturated heterocycles. The van der Waals surface area contributed by atoms with Crippen LogP contribution in [0.25, 0.3) is 0 Å². The van der Waals surface area contributed by atoms with E-state index in [1.807, 2.05) is 6.08 Å². The molecule has 2 aliphatic heterocycles. The number of rotatable bonds is 5. The summed E-state index contributed by atoms with van der Waals surface area (Å²) in [5.74, 6) is 3.38. The maximum Gasteiger partial charge on any atom is 0.231 e. The van der Waals surface area contributed by atoms with Gasteiger partial charge in [0, 0.05) is 6.42 Å². The standard InChI is InChI=1S/C24H31NO4/c1-15-5-6-17(16(2)11-15)7-8-19(26)13-20-22-18(9-10-25(20)3)12-21-23(24(22)27-4)29-14-28-21/h5,7-8,12,16-17,20H,6,9-11,13-14H2,1-4H3/p+1/b8-7+/t16-,17-,20+/m0/s1. The number of nitrogens with one attached hydrogen (secondary N) is 1. The summed E-state index contributed by atoms with van der Waals surface area (Å²) in [4.78, 5) is 14.2. The van der Waals surface area contributed by atoms with E-state index in [1.165, 1.54) is 16.0 Å². The fourth-order valence-corrected chi connectivity index (χ4v) is 4.98. The van der Waals surface area contributed by atoms with Crippen LogP contribution in [-0.2, 0) is 11.2 Å². The molecule has 0 amide bonds. The normalized spacial score (nSPS) is 28.2. The van der Waals surface area contributed by atoms with E-state index in [1.54, 1.807) is 7.11 Å². The molecule has 0 saturated carbocycles. The summed E-state index contributed by atoms with van der Waals surface area (Å²) in [5.41, 5.74) is 3.77. The van der Waals surface area contributed by atoms with Crippen molar-refractivity contribution in [3.63, 3.8) is 0 Å². The number of allylic oxidation sites excluding steroid dienone is 4. The van der Waals surface area contributed by atoms with Gasteiger partial charge >= 0.3 is 0 Å². The Kier molecular flexibility index (Phi) is 5.68. The van der Waals surface area contributed by atoms with Crippen LogP contribution in [0.1, 0.15) is 50.3 Å². The SMILES string of the molecule is COc1c2c(cc3c1[C@@H](CC(=O)/C=C/[C@@H]1CC=C(C)C[C@@H]1C)[NH+](C)CC3)OCO2. The van der Waals surface area contributed by atoms with Crippen LogP contribution in [0.4, 0.5) is 0 Å². The van der Waals surface area contributed by atoms with Crippen molar-refractivity contribution in [2.24, 2.45) is 11.8 Å². The first-order chi connectivity index (χ1) is 14.0. The molecule has 4 rings (SSSR count). The Morgan fingerprint density at radius 3 is 2.97 bits per heavy atom. The number of methoxy groups -OCH3 is 1. The zero-order chi connectivity index (χ0) is 20.5. The van der Waals surface area contributed by atoms with E-state index in [9.17, 15) is 4.79 Å². The van der Waals surface area contributed by atoms with Gasteiger partial charge in [-0.15, -0.1) is 0 Å². The predicted octanol–water partition coefficient (Wildman–Crippen LogP) is 3.04. The fourth-order valence-electron chi connectivity index (χ4n) is 4.98. The van der Waals surface area contributed by atoms with E-state index in [0.29, 0.717) is 24.0 Å². The van der Waals surface area contributed by atoms with Crippen molar-refractivity contribution < 1.29 is 23.9 Å². The summed E-state index contributed by atoms with van der Waals surface area (Å²) in [6.45, 7) is 5.68. The number of benzene rings is 1. The monoisotopic (exact) mass is 398 g/mol. The van der Waals surface area contributed by atoms with E-state index in [2.05, 4.69) is 39.1 Å². The van der Waals surface area contributed by atoms with Gasteiger partial charge in [0.2, 0.25) is 12.5 Å².